The number of nitrogens with zero attached hydrogens (tertiary/aromatic N) is 4. The minimum absolute atomic E-state index is 0.361. The normalized spacial score (nSPS) is 11.2. The van der Waals surface area contributed by atoms with Crippen molar-refractivity contribution in [3.63, 3.8) is 0 Å². The van der Waals surface area contributed by atoms with Crippen LogP contribution in [0.4, 0.5) is 0 Å². The van der Waals surface area contributed by atoms with Gasteiger partial charge < -0.3 is 9.30 Å². The molecule has 7 nitrogen and oxygen atoms in total. The van der Waals surface area contributed by atoms with Gasteiger partial charge in [-0.25, -0.2) is 9.78 Å². The Morgan fingerprint density at radius 2 is 1.88 bits per heavy atom. The Kier molecular flexibility index (Phi) is 4.66. The van der Waals surface area contributed by atoms with Gasteiger partial charge in [-0.1, -0.05) is 35.5 Å². The van der Waals surface area contributed by atoms with Crippen molar-refractivity contribution < 1.29 is 4.74 Å². The Labute approximate surface area is 152 Å². The predicted molar refractivity (Wildman–Crippen MR) is 98.8 cm³/mol. The highest BCUT2D eigenvalue weighted by Crippen LogP contribution is 2.33. The number of aromatic nitrogens is 4. The van der Waals surface area contributed by atoms with Crippen LogP contribution in [0.1, 0.15) is 5.56 Å². The molecule has 0 amide bonds. The minimum atomic E-state index is -0.399. The first kappa shape index (κ1) is 17.6. The van der Waals surface area contributed by atoms with Gasteiger partial charge in [-0.3, -0.25) is 13.9 Å². The van der Waals surface area contributed by atoms with Gasteiger partial charge >= 0.3 is 5.69 Å². The fourth-order valence-electron chi connectivity index (χ4n) is 2.67. The van der Waals surface area contributed by atoms with E-state index in [9.17, 15) is 9.59 Å². The van der Waals surface area contributed by atoms with Crippen LogP contribution in [0, 0.1) is 0 Å². The molecule has 0 radical (unpaired) electrons. The zero-order valence-corrected chi connectivity index (χ0v) is 15.8. The smallest absolute Gasteiger partial charge is 0.332 e. The van der Waals surface area contributed by atoms with E-state index in [4.69, 9.17) is 16.3 Å². The van der Waals surface area contributed by atoms with E-state index >= 15 is 0 Å². The van der Waals surface area contributed by atoms with Crippen molar-refractivity contribution in [2.45, 2.75) is 10.9 Å². The summed E-state index contributed by atoms with van der Waals surface area (Å²) in [6.45, 7) is 0. The summed E-state index contributed by atoms with van der Waals surface area (Å²) in [6, 6.07) is 5.55. The average Bonchev–Trinajstić information content (AvgIpc) is 2.93. The van der Waals surface area contributed by atoms with Gasteiger partial charge in [-0.15, -0.1) is 0 Å². The van der Waals surface area contributed by atoms with Gasteiger partial charge in [0.2, 0.25) is 0 Å². The van der Waals surface area contributed by atoms with Crippen LogP contribution >= 0.6 is 23.4 Å². The maximum absolute atomic E-state index is 12.4. The summed E-state index contributed by atoms with van der Waals surface area (Å²) in [5, 5.41) is 1.18. The molecule has 3 rings (SSSR count). The third-order valence-corrected chi connectivity index (χ3v) is 5.42. The second-order valence-corrected chi connectivity index (χ2v) is 6.90. The number of fused-ring (bicyclic) bond motifs is 1. The molecule has 2 heterocycles. The molecule has 3 aromatic rings. The summed E-state index contributed by atoms with van der Waals surface area (Å²) in [5.74, 6) is 1.19. The summed E-state index contributed by atoms with van der Waals surface area (Å²) in [4.78, 5) is 28.9. The van der Waals surface area contributed by atoms with E-state index in [2.05, 4.69) is 4.98 Å². The molecule has 0 saturated heterocycles. The molecule has 0 unspecified atom stereocenters. The summed E-state index contributed by atoms with van der Waals surface area (Å²) < 4.78 is 9.52. The van der Waals surface area contributed by atoms with Crippen LogP contribution in [0.3, 0.4) is 0 Å². The SMILES string of the molecule is COc1c(Cl)cccc1CSc1nc2c(c(=O)n(C)c(=O)n2C)n1C. The van der Waals surface area contributed by atoms with E-state index in [1.165, 1.54) is 23.4 Å². The number of hydrogen-bond donors (Lipinski definition) is 0. The van der Waals surface area contributed by atoms with Crippen molar-refractivity contribution in [2.24, 2.45) is 21.1 Å². The third-order valence-electron chi connectivity index (χ3n) is 4.04. The largest absolute Gasteiger partial charge is 0.495 e. The van der Waals surface area contributed by atoms with Crippen LogP contribution in [-0.4, -0.2) is 25.8 Å². The second-order valence-electron chi connectivity index (χ2n) is 5.55. The van der Waals surface area contributed by atoms with Gasteiger partial charge in [-0.2, -0.15) is 0 Å². The number of methoxy groups -OCH3 is 1. The number of benzene rings is 1. The number of rotatable bonds is 4. The van der Waals surface area contributed by atoms with E-state index in [1.54, 1.807) is 31.8 Å². The van der Waals surface area contributed by atoms with E-state index in [0.29, 0.717) is 32.8 Å². The molecule has 2 aromatic heterocycles. The molecular weight excluding hydrogens is 364 g/mol. The van der Waals surface area contributed by atoms with Crippen molar-refractivity contribution in [2.75, 3.05) is 7.11 Å². The van der Waals surface area contributed by atoms with Gasteiger partial charge in [0.15, 0.2) is 16.3 Å². The number of imidazole rings is 1. The summed E-state index contributed by atoms with van der Waals surface area (Å²) in [6.07, 6.45) is 0. The maximum atomic E-state index is 12.4. The molecule has 0 aliphatic carbocycles. The van der Waals surface area contributed by atoms with Crippen LogP contribution in [0.2, 0.25) is 5.02 Å². The van der Waals surface area contributed by atoms with Crippen molar-refractivity contribution in [3.8, 4) is 5.75 Å². The highest BCUT2D eigenvalue weighted by molar-refractivity contribution is 7.98. The van der Waals surface area contributed by atoms with Crippen molar-refractivity contribution in [1.29, 1.82) is 0 Å². The highest BCUT2D eigenvalue weighted by atomic mass is 35.5. The van der Waals surface area contributed by atoms with Crippen LogP contribution in [0.15, 0.2) is 32.9 Å². The molecule has 0 spiro atoms. The Hall–Kier alpha value is -2.19. The number of thioether (sulfide) groups is 1. The number of hydrogen-bond acceptors (Lipinski definition) is 5. The van der Waals surface area contributed by atoms with Gasteiger partial charge in [0.1, 0.15) is 5.75 Å². The topological polar surface area (TPSA) is 71.1 Å². The Bertz CT molecular complexity index is 1080. The molecular formula is C16H17ClN4O3S. The van der Waals surface area contributed by atoms with Gasteiger partial charge in [0.05, 0.1) is 12.1 Å². The summed E-state index contributed by atoms with van der Waals surface area (Å²) >= 11 is 7.59. The molecule has 1 aromatic carbocycles. The molecule has 0 aliphatic rings. The van der Waals surface area contributed by atoms with Crippen LogP contribution in [0.25, 0.3) is 11.2 Å². The monoisotopic (exact) mass is 380 g/mol. The number of ether oxygens (including phenoxy) is 1. The fraction of sp³-hybridized carbons (Fsp3) is 0.312. The standard InChI is InChI=1S/C16H17ClN4O3S/c1-19-11-13(20(2)16(23)21(3)14(11)22)18-15(19)25-8-9-6-5-7-10(17)12(9)24-4/h5-7H,8H2,1-4H3. The molecule has 25 heavy (non-hydrogen) atoms. The Balaban J connectivity index is 2.04. The molecule has 0 fully saturated rings. The lowest BCUT2D eigenvalue weighted by atomic mass is 10.2. The molecule has 9 heteroatoms. The first-order chi connectivity index (χ1) is 11.9. The third kappa shape index (κ3) is 2.85. The van der Waals surface area contributed by atoms with Gasteiger partial charge in [0, 0.05) is 32.5 Å². The minimum Gasteiger partial charge on any atom is -0.495 e. The number of halogens is 1. The molecule has 0 N–H and O–H groups in total. The van der Waals surface area contributed by atoms with Crippen molar-refractivity contribution >= 4 is 34.5 Å². The maximum Gasteiger partial charge on any atom is 0.332 e. The van der Waals surface area contributed by atoms with Crippen LogP contribution in [-0.2, 0) is 26.9 Å². The molecule has 0 saturated carbocycles. The van der Waals surface area contributed by atoms with Crippen LogP contribution < -0.4 is 16.0 Å². The first-order valence-electron chi connectivity index (χ1n) is 7.43. The summed E-state index contributed by atoms with van der Waals surface area (Å²) in [5.41, 5.74) is 0.930. The Morgan fingerprint density at radius 3 is 2.56 bits per heavy atom. The fourth-order valence-corrected chi connectivity index (χ4v) is 3.88. The van der Waals surface area contributed by atoms with E-state index in [0.717, 1.165) is 10.1 Å². The first-order valence-corrected chi connectivity index (χ1v) is 8.79. The molecule has 132 valence electrons. The van der Waals surface area contributed by atoms with E-state index in [1.807, 2.05) is 12.1 Å². The molecule has 0 atom stereocenters. The van der Waals surface area contributed by atoms with E-state index in [-0.39, 0.29) is 5.56 Å². The van der Waals surface area contributed by atoms with Crippen molar-refractivity contribution in [3.05, 3.63) is 49.6 Å². The number of aryl methyl sites for hydroxylation is 2. The Morgan fingerprint density at radius 1 is 1.16 bits per heavy atom. The van der Waals surface area contributed by atoms with Gasteiger partial charge in [-0.05, 0) is 6.07 Å². The predicted octanol–water partition coefficient (Wildman–Crippen LogP) is 1.92. The highest BCUT2D eigenvalue weighted by Gasteiger charge is 2.18. The lowest BCUT2D eigenvalue weighted by molar-refractivity contribution is 0.411. The zero-order valence-electron chi connectivity index (χ0n) is 14.2. The molecule has 0 aliphatic heterocycles. The lowest BCUT2D eigenvalue weighted by Gasteiger charge is -2.09. The van der Waals surface area contributed by atoms with Crippen molar-refractivity contribution in [1.82, 2.24) is 18.7 Å². The zero-order chi connectivity index (χ0) is 18.3. The van der Waals surface area contributed by atoms with Gasteiger partial charge in [0.25, 0.3) is 5.56 Å². The second kappa shape index (κ2) is 6.61. The molecule has 0 bridgehead atoms. The average molecular weight is 381 g/mol. The lowest BCUT2D eigenvalue weighted by Crippen LogP contribution is -2.37. The quantitative estimate of drug-likeness (QED) is 0.647. The van der Waals surface area contributed by atoms with Crippen LogP contribution in [0.5, 0.6) is 5.75 Å². The number of para-hydroxylation sites is 1. The summed E-state index contributed by atoms with van der Waals surface area (Å²) in [7, 11) is 6.40. The van der Waals surface area contributed by atoms with E-state index < -0.39 is 5.69 Å².